The molecule has 1 unspecified atom stereocenters. The van der Waals surface area contributed by atoms with Crippen LogP contribution in [-0.4, -0.2) is 52.2 Å². The summed E-state index contributed by atoms with van der Waals surface area (Å²) in [6.45, 7) is 1.35. The molecule has 0 amide bonds. The Morgan fingerprint density at radius 2 is 2.35 bits per heavy atom. The minimum atomic E-state index is -2.94. The number of hydrazine groups is 1. The fourth-order valence-corrected chi connectivity index (χ4v) is 3.41. The van der Waals surface area contributed by atoms with Gasteiger partial charge in [-0.05, 0) is 12.8 Å². The monoisotopic (exact) mass is 264 g/mol. The van der Waals surface area contributed by atoms with Crippen LogP contribution in [-0.2, 0) is 14.6 Å². The number of nitrogens with one attached hydrogen (secondary N) is 2. The van der Waals surface area contributed by atoms with Crippen LogP contribution in [0.1, 0.15) is 12.8 Å². The van der Waals surface area contributed by atoms with Gasteiger partial charge < -0.3 is 10.1 Å². The van der Waals surface area contributed by atoms with Gasteiger partial charge in [0.15, 0.2) is 9.84 Å². The summed E-state index contributed by atoms with van der Waals surface area (Å²) in [7, 11) is -1.35. The number of sulfone groups is 1. The van der Waals surface area contributed by atoms with Crippen molar-refractivity contribution in [3.8, 4) is 0 Å². The molecule has 0 radical (unpaired) electrons. The highest BCUT2D eigenvalue weighted by molar-refractivity contribution is 7.92. The molecule has 1 rings (SSSR count). The van der Waals surface area contributed by atoms with E-state index < -0.39 is 9.84 Å². The number of aliphatic imine (C=N–C) groups is 1. The van der Waals surface area contributed by atoms with Crippen LogP contribution in [0, 0.1) is 0 Å². The van der Waals surface area contributed by atoms with E-state index in [1.165, 1.54) is 0 Å². The van der Waals surface area contributed by atoms with Crippen molar-refractivity contribution in [3.63, 3.8) is 0 Å². The topological polar surface area (TPSA) is 106 Å². The summed E-state index contributed by atoms with van der Waals surface area (Å²) in [6, 6.07) is 0. The van der Waals surface area contributed by atoms with E-state index in [-0.39, 0.29) is 17.5 Å². The van der Waals surface area contributed by atoms with Gasteiger partial charge in [-0.25, -0.2) is 14.3 Å². The van der Waals surface area contributed by atoms with E-state index in [1.54, 1.807) is 7.11 Å². The van der Waals surface area contributed by atoms with Crippen molar-refractivity contribution >= 4 is 15.8 Å². The summed E-state index contributed by atoms with van der Waals surface area (Å²) in [5.74, 6) is 5.94. The van der Waals surface area contributed by atoms with E-state index in [4.69, 9.17) is 10.6 Å². The Hall–Kier alpha value is -0.860. The molecule has 1 heterocycles. The fraction of sp³-hybridized carbons (Fsp3) is 0.889. The average Bonchev–Trinajstić information content (AvgIpc) is 2.63. The van der Waals surface area contributed by atoms with Crippen molar-refractivity contribution in [1.29, 1.82) is 0 Å². The average molecular weight is 264 g/mol. The molecule has 1 fully saturated rings. The third-order valence-corrected chi connectivity index (χ3v) is 4.91. The standard InChI is InChI=1S/C9H20N4O3S/c1-16-5-4-11-9(13-10)12-7-8-3-2-6-17(8,14)15/h8H,2-7,10H2,1H3,(H2,11,12,13). The Morgan fingerprint density at radius 3 is 2.88 bits per heavy atom. The van der Waals surface area contributed by atoms with Gasteiger partial charge >= 0.3 is 0 Å². The summed E-state index contributed by atoms with van der Waals surface area (Å²) in [5.41, 5.74) is 2.40. The SMILES string of the molecule is COCCNC(=NCC1CCCS1(=O)=O)NN. The van der Waals surface area contributed by atoms with Crippen molar-refractivity contribution in [2.24, 2.45) is 10.8 Å². The lowest BCUT2D eigenvalue weighted by Crippen LogP contribution is -2.43. The Kier molecular flexibility index (Phi) is 5.66. The van der Waals surface area contributed by atoms with Crippen molar-refractivity contribution < 1.29 is 13.2 Å². The highest BCUT2D eigenvalue weighted by atomic mass is 32.2. The number of nitrogens with zero attached hydrogens (tertiary/aromatic N) is 1. The van der Waals surface area contributed by atoms with Gasteiger partial charge in [0.1, 0.15) is 0 Å². The molecule has 1 aliphatic rings. The number of methoxy groups -OCH3 is 1. The molecular weight excluding hydrogens is 244 g/mol. The normalized spacial score (nSPS) is 23.6. The van der Waals surface area contributed by atoms with E-state index >= 15 is 0 Å². The van der Waals surface area contributed by atoms with Crippen molar-refractivity contribution in [1.82, 2.24) is 10.7 Å². The van der Waals surface area contributed by atoms with E-state index in [9.17, 15) is 8.42 Å². The van der Waals surface area contributed by atoms with Crippen LogP contribution in [0.4, 0.5) is 0 Å². The molecule has 17 heavy (non-hydrogen) atoms. The van der Waals surface area contributed by atoms with Crippen molar-refractivity contribution in [3.05, 3.63) is 0 Å². The molecule has 0 aromatic rings. The summed E-state index contributed by atoms with van der Waals surface area (Å²) >= 11 is 0. The summed E-state index contributed by atoms with van der Waals surface area (Å²) in [4.78, 5) is 4.13. The van der Waals surface area contributed by atoms with E-state index in [2.05, 4.69) is 15.7 Å². The Bertz CT molecular complexity index is 355. The lowest BCUT2D eigenvalue weighted by molar-refractivity contribution is 0.203. The predicted molar refractivity (Wildman–Crippen MR) is 66.3 cm³/mol. The zero-order chi connectivity index (χ0) is 12.7. The molecule has 7 nitrogen and oxygen atoms in total. The second kappa shape index (κ2) is 6.77. The minimum absolute atomic E-state index is 0.252. The molecule has 0 aromatic heterocycles. The van der Waals surface area contributed by atoms with Crippen LogP contribution in [0.15, 0.2) is 4.99 Å². The second-order valence-corrected chi connectivity index (χ2v) is 6.29. The number of rotatable bonds is 5. The minimum Gasteiger partial charge on any atom is -0.383 e. The van der Waals surface area contributed by atoms with Gasteiger partial charge in [-0.1, -0.05) is 0 Å². The maximum Gasteiger partial charge on any atom is 0.205 e. The van der Waals surface area contributed by atoms with Gasteiger partial charge in [0.2, 0.25) is 5.96 Å². The molecule has 8 heteroatoms. The number of hydrogen-bond donors (Lipinski definition) is 3. The highest BCUT2D eigenvalue weighted by Crippen LogP contribution is 2.19. The van der Waals surface area contributed by atoms with Crippen LogP contribution in [0.5, 0.6) is 0 Å². The van der Waals surface area contributed by atoms with Crippen LogP contribution in [0.3, 0.4) is 0 Å². The van der Waals surface area contributed by atoms with Crippen LogP contribution >= 0.6 is 0 Å². The van der Waals surface area contributed by atoms with E-state index in [0.717, 1.165) is 6.42 Å². The van der Waals surface area contributed by atoms with Gasteiger partial charge in [0, 0.05) is 13.7 Å². The van der Waals surface area contributed by atoms with Crippen LogP contribution in [0.2, 0.25) is 0 Å². The zero-order valence-corrected chi connectivity index (χ0v) is 10.8. The van der Waals surface area contributed by atoms with Gasteiger partial charge in [-0.15, -0.1) is 0 Å². The van der Waals surface area contributed by atoms with E-state index in [1.807, 2.05) is 0 Å². The molecule has 0 aromatic carbocycles. The molecule has 0 saturated carbocycles. The van der Waals surface area contributed by atoms with Gasteiger partial charge in [0.25, 0.3) is 0 Å². The molecule has 0 spiro atoms. The first-order valence-corrected chi connectivity index (χ1v) is 7.27. The summed E-state index contributed by atoms with van der Waals surface area (Å²) < 4.78 is 28.0. The van der Waals surface area contributed by atoms with Crippen molar-refractivity contribution in [2.75, 3.05) is 32.6 Å². The zero-order valence-electron chi connectivity index (χ0n) is 9.98. The predicted octanol–water partition coefficient (Wildman–Crippen LogP) is -1.38. The maximum atomic E-state index is 11.6. The molecule has 1 saturated heterocycles. The molecule has 1 aliphatic heterocycles. The summed E-state index contributed by atoms with van der Waals surface area (Å²) in [5, 5.41) is 2.55. The summed E-state index contributed by atoms with van der Waals surface area (Å²) in [6.07, 6.45) is 1.41. The van der Waals surface area contributed by atoms with Gasteiger partial charge in [-0.3, -0.25) is 10.4 Å². The van der Waals surface area contributed by atoms with Crippen LogP contribution < -0.4 is 16.6 Å². The molecular formula is C9H20N4O3S. The largest absolute Gasteiger partial charge is 0.383 e. The first kappa shape index (κ1) is 14.2. The number of hydrogen-bond acceptors (Lipinski definition) is 5. The molecule has 0 bridgehead atoms. The molecule has 100 valence electrons. The number of nitrogens with two attached hydrogens (primary N) is 1. The smallest absolute Gasteiger partial charge is 0.205 e. The number of guanidine groups is 1. The van der Waals surface area contributed by atoms with Gasteiger partial charge in [-0.2, -0.15) is 0 Å². The van der Waals surface area contributed by atoms with Crippen molar-refractivity contribution in [2.45, 2.75) is 18.1 Å². The lowest BCUT2D eigenvalue weighted by atomic mass is 10.2. The second-order valence-electron chi connectivity index (χ2n) is 3.88. The first-order chi connectivity index (χ1) is 8.10. The molecule has 4 N–H and O–H groups in total. The first-order valence-electron chi connectivity index (χ1n) is 5.55. The third kappa shape index (κ3) is 4.49. The Labute approximate surface area is 102 Å². The lowest BCUT2D eigenvalue weighted by Gasteiger charge is -2.10. The van der Waals surface area contributed by atoms with E-state index in [0.29, 0.717) is 25.5 Å². The fourth-order valence-electron chi connectivity index (χ4n) is 1.68. The maximum absolute atomic E-state index is 11.6. The Balaban J connectivity index is 2.44. The molecule has 1 atom stereocenters. The Morgan fingerprint density at radius 1 is 1.59 bits per heavy atom. The quantitative estimate of drug-likeness (QED) is 0.186. The third-order valence-electron chi connectivity index (χ3n) is 2.65. The molecule has 0 aliphatic carbocycles. The van der Waals surface area contributed by atoms with Crippen LogP contribution in [0.25, 0.3) is 0 Å². The highest BCUT2D eigenvalue weighted by Gasteiger charge is 2.30. The number of ether oxygens (including phenoxy) is 1. The van der Waals surface area contributed by atoms with Gasteiger partial charge in [0.05, 0.1) is 24.2 Å².